The molecule has 2 heterocycles. The number of anilines is 1. The summed E-state index contributed by atoms with van der Waals surface area (Å²) in [6.45, 7) is 0. The molecule has 0 fully saturated rings. The maximum Gasteiger partial charge on any atom is 0.241 e. The highest BCUT2D eigenvalue weighted by molar-refractivity contribution is 5.95. The third-order valence-corrected chi connectivity index (χ3v) is 2.18. The molecule has 68 valence electrons. The lowest BCUT2D eigenvalue weighted by Gasteiger charge is -2.05. The number of carbonyl (C=O) groups excluding carboxylic acids is 1. The molecule has 1 aromatic heterocycles. The Hall–Kier alpha value is -1.42. The van der Waals surface area contributed by atoms with Crippen molar-refractivity contribution in [2.24, 2.45) is 5.73 Å². The van der Waals surface area contributed by atoms with Gasteiger partial charge >= 0.3 is 0 Å². The van der Waals surface area contributed by atoms with Crippen LogP contribution in [0, 0.1) is 0 Å². The molecular weight excluding hydrogens is 166 g/mol. The minimum absolute atomic E-state index is 0.119. The normalized spacial score (nSPS) is 21.6. The number of aromatic nitrogens is 1. The summed E-state index contributed by atoms with van der Waals surface area (Å²) in [4.78, 5) is 15.5. The predicted molar refractivity (Wildman–Crippen MR) is 49.2 cm³/mol. The van der Waals surface area contributed by atoms with Gasteiger partial charge in [-0.3, -0.25) is 9.78 Å². The second kappa shape index (κ2) is 3.14. The molecular formula is C9H11N3O. The van der Waals surface area contributed by atoms with E-state index in [1.165, 1.54) is 0 Å². The summed E-state index contributed by atoms with van der Waals surface area (Å²) in [6, 6.07) is 3.24. The van der Waals surface area contributed by atoms with Crippen molar-refractivity contribution in [2.75, 3.05) is 5.32 Å². The van der Waals surface area contributed by atoms with Gasteiger partial charge in [0.15, 0.2) is 0 Å². The Morgan fingerprint density at radius 1 is 1.62 bits per heavy atom. The molecule has 1 aliphatic heterocycles. The van der Waals surface area contributed by atoms with Crippen LogP contribution in [0.3, 0.4) is 0 Å². The van der Waals surface area contributed by atoms with Crippen LogP contribution in [0.4, 0.5) is 5.69 Å². The van der Waals surface area contributed by atoms with Gasteiger partial charge in [0.1, 0.15) is 0 Å². The number of nitrogens with one attached hydrogen (secondary N) is 1. The highest BCUT2D eigenvalue weighted by atomic mass is 16.2. The van der Waals surface area contributed by atoms with Crippen molar-refractivity contribution in [2.45, 2.75) is 18.9 Å². The Labute approximate surface area is 76.2 Å². The quantitative estimate of drug-likeness (QED) is 0.598. The fourth-order valence-corrected chi connectivity index (χ4v) is 1.40. The van der Waals surface area contributed by atoms with E-state index in [1.54, 1.807) is 12.3 Å². The lowest BCUT2D eigenvalue weighted by Crippen LogP contribution is -2.34. The van der Waals surface area contributed by atoms with Crippen molar-refractivity contribution in [3.8, 4) is 0 Å². The molecule has 1 amide bonds. The van der Waals surface area contributed by atoms with E-state index in [0.29, 0.717) is 6.42 Å². The average Bonchev–Trinajstić information content (AvgIpc) is 2.28. The Bertz CT molecular complexity index is 337. The van der Waals surface area contributed by atoms with Crippen LogP contribution in [-0.4, -0.2) is 16.9 Å². The molecule has 4 heteroatoms. The van der Waals surface area contributed by atoms with Crippen molar-refractivity contribution in [3.05, 3.63) is 24.0 Å². The van der Waals surface area contributed by atoms with Gasteiger partial charge in [-0.2, -0.15) is 0 Å². The van der Waals surface area contributed by atoms with E-state index >= 15 is 0 Å². The number of amides is 1. The van der Waals surface area contributed by atoms with Gasteiger partial charge in [-0.15, -0.1) is 0 Å². The number of fused-ring (bicyclic) bond motifs is 1. The van der Waals surface area contributed by atoms with Crippen molar-refractivity contribution >= 4 is 11.6 Å². The molecule has 2 rings (SSSR count). The first-order chi connectivity index (χ1) is 6.27. The van der Waals surface area contributed by atoms with Crippen LogP contribution in [0.1, 0.15) is 12.1 Å². The van der Waals surface area contributed by atoms with Crippen LogP contribution < -0.4 is 11.1 Å². The Kier molecular flexibility index (Phi) is 1.98. The molecule has 3 N–H and O–H groups in total. The van der Waals surface area contributed by atoms with E-state index in [4.69, 9.17) is 5.73 Å². The second-order valence-electron chi connectivity index (χ2n) is 3.13. The van der Waals surface area contributed by atoms with Gasteiger partial charge in [0, 0.05) is 6.20 Å². The van der Waals surface area contributed by atoms with Crippen LogP contribution in [0.2, 0.25) is 0 Å². The van der Waals surface area contributed by atoms with Gasteiger partial charge in [-0.25, -0.2) is 0 Å². The third-order valence-electron chi connectivity index (χ3n) is 2.18. The van der Waals surface area contributed by atoms with Crippen LogP contribution in [0.5, 0.6) is 0 Å². The Morgan fingerprint density at radius 2 is 2.46 bits per heavy atom. The summed E-state index contributed by atoms with van der Waals surface area (Å²) in [5, 5.41) is 2.75. The summed E-state index contributed by atoms with van der Waals surface area (Å²) >= 11 is 0. The van der Waals surface area contributed by atoms with E-state index in [9.17, 15) is 4.79 Å². The molecule has 4 nitrogen and oxygen atoms in total. The first-order valence-electron chi connectivity index (χ1n) is 4.28. The first kappa shape index (κ1) is 8.19. The highest BCUT2D eigenvalue weighted by Gasteiger charge is 2.19. The molecule has 0 aromatic carbocycles. The van der Waals surface area contributed by atoms with E-state index in [1.807, 2.05) is 6.07 Å². The minimum atomic E-state index is -0.408. The SMILES string of the molecule is N[C@@H]1CCc2ncccc2NC1=O. The number of pyridine rings is 1. The van der Waals surface area contributed by atoms with Gasteiger partial charge in [0.05, 0.1) is 17.4 Å². The third kappa shape index (κ3) is 1.53. The van der Waals surface area contributed by atoms with Crippen molar-refractivity contribution < 1.29 is 4.79 Å². The number of hydrogen-bond donors (Lipinski definition) is 2. The number of rotatable bonds is 0. The fourth-order valence-electron chi connectivity index (χ4n) is 1.40. The molecule has 0 spiro atoms. The second-order valence-corrected chi connectivity index (χ2v) is 3.13. The van der Waals surface area contributed by atoms with Gasteiger partial charge in [-0.1, -0.05) is 0 Å². The summed E-state index contributed by atoms with van der Waals surface area (Å²) in [5.41, 5.74) is 7.33. The molecule has 1 aliphatic rings. The topological polar surface area (TPSA) is 68.0 Å². The van der Waals surface area contributed by atoms with E-state index in [2.05, 4.69) is 10.3 Å². The number of hydrogen-bond acceptors (Lipinski definition) is 3. The molecule has 0 saturated carbocycles. The monoisotopic (exact) mass is 177 g/mol. The first-order valence-corrected chi connectivity index (χ1v) is 4.28. The summed E-state index contributed by atoms with van der Waals surface area (Å²) in [5.74, 6) is -0.119. The van der Waals surface area contributed by atoms with Crippen LogP contribution >= 0.6 is 0 Å². The lowest BCUT2D eigenvalue weighted by molar-refractivity contribution is -0.117. The smallest absolute Gasteiger partial charge is 0.241 e. The molecule has 0 unspecified atom stereocenters. The average molecular weight is 177 g/mol. The molecule has 0 saturated heterocycles. The van der Waals surface area contributed by atoms with Gasteiger partial charge < -0.3 is 11.1 Å². The molecule has 1 atom stereocenters. The van der Waals surface area contributed by atoms with E-state index in [-0.39, 0.29) is 5.91 Å². The van der Waals surface area contributed by atoms with Gasteiger partial charge in [0.25, 0.3) is 0 Å². The maximum absolute atomic E-state index is 11.3. The molecule has 0 radical (unpaired) electrons. The number of carbonyl (C=O) groups is 1. The zero-order chi connectivity index (χ0) is 9.26. The van der Waals surface area contributed by atoms with Crippen LogP contribution in [0.25, 0.3) is 0 Å². The van der Waals surface area contributed by atoms with Crippen molar-refractivity contribution in [3.63, 3.8) is 0 Å². The molecule has 13 heavy (non-hydrogen) atoms. The van der Waals surface area contributed by atoms with Crippen molar-refractivity contribution in [1.29, 1.82) is 0 Å². The number of aryl methyl sites for hydroxylation is 1. The molecule has 0 bridgehead atoms. The van der Waals surface area contributed by atoms with E-state index in [0.717, 1.165) is 17.8 Å². The molecule has 1 aromatic rings. The summed E-state index contributed by atoms with van der Waals surface area (Å²) in [7, 11) is 0. The lowest BCUT2D eigenvalue weighted by atomic mass is 10.1. The van der Waals surface area contributed by atoms with Crippen molar-refractivity contribution in [1.82, 2.24) is 4.98 Å². The summed E-state index contributed by atoms with van der Waals surface area (Å²) < 4.78 is 0. The van der Waals surface area contributed by atoms with Gasteiger partial charge in [-0.05, 0) is 25.0 Å². The zero-order valence-electron chi connectivity index (χ0n) is 7.16. The largest absolute Gasteiger partial charge is 0.323 e. The number of nitrogens with two attached hydrogens (primary N) is 1. The maximum atomic E-state index is 11.3. The van der Waals surface area contributed by atoms with Crippen LogP contribution in [0.15, 0.2) is 18.3 Å². The number of nitrogens with zero attached hydrogens (tertiary/aromatic N) is 1. The molecule has 0 aliphatic carbocycles. The van der Waals surface area contributed by atoms with Crippen LogP contribution in [-0.2, 0) is 11.2 Å². The standard InChI is InChI=1S/C9H11N3O/c10-6-3-4-7-8(12-9(6)13)2-1-5-11-7/h1-2,5-6H,3-4,10H2,(H,12,13)/t6-/m1/s1. The zero-order valence-corrected chi connectivity index (χ0v) is 7.16. The predicted octanol–water partition coefficient (Wildman–Crippen LogP) is 0.294. The minimum Gasteiger partial charge on any atom is -0.323 e. The fraction of sp³-hybridized carbons (Fsp3) is 0.333. The highest BCUT2D eigenvalue weighted by Crippen LogP contribution is 2.18. The summed E-state index contributed by atoms with van der Waals surface area (Å²) in [6.07, 6.45) is 3.15. The van der Waals surface area contributed by atoms with Gasteiger partial charge in [0.2, 0.25) is 5.91 Å². The van der Waals surface area contributed by atoms with E-state index < -0.39 is 6.04 Å². The Balaban J connectivity index is 2.35. The Morgan fingerprint density at radius 3 is 3.31 bits per heavy atom.